The summed E-state index contributed by atoms with van der Waals surface area (Å²) in [6, 6.07) is 25.0. The molecule has 0 bridgehead atoms. The Morgan fingerprint density at radius 1 is 0.917 bits per heavy atom. The first-order valence-corrected chi connectivity index (χ1v) is 12.3. The molecule has 0 fully saturated rings. The molecule has 1 N–H and O–H groups in total. The number of rotatable bonds is 9. The van der Waals surface area contributed by atoms with Crippen molar-refractivity contribution < 1.29 is 9.21 Å². The first kappa shape index (κ1) is 23.5. The molecule has 0 saturated heterocycles. The van der Waals surface area contributed by atoms with Crippen LogP contribution in [-0.4, -0.2) is 19.9 Å². The van der Waals surface area contributed by atoms with Crippen LogP contribution in [0.5, 0.6) is 0 Å². The molecule has 0 spiro atoms. The van der Waals surface area contributed by atoms with E-state index in [-0.39, 0.29) is 17.7 Å². The maximum absolute atomic E-state index is 12.7. The number of carbonyl (C=O) groups is 1. The summed E-state index contributed by atoms with van der Waals surface area (Å²) >= 11 is 0. The summed E-state index contributed by atoms with van der Waals surface area (Å²) in [5.41, 5.74) is 7.18. The molecule has 2 heterocycles. The summed E-state index contributed by atoms with van der Waals surface area (Å²) in [7, 11) is 0. The normalized spacial score (nSPS) is 12.2. The number of nitrogens with zero attached hydrogens (tertiary/aromatic N) is 3. The van der Waals surface area contributed by atoms with Crippen molar-refractivity contribution in [2.75, 3.05) is 0 Å². The summed E-state index contributed by atoms with van der Waals surface area (Å²) in [6.45, 7) is 4.76. The molecule has 0 aliphatic carbocycles. The number of aromatic nitrogens is 3. The van der Waals surface area contributed by atoms with E-state index in [2.05, 4.69) is 88.6 Å². The second-order valence-electron chi connectivity index (χ2n) is 9.40. The minimum atomic E-state index is -0.121. The van der Waals surface area contributed by atoms with Gasteiger partial charge in [0.15, 0.2) is 0 Å². The lowest BCUT2D eigenvalue weighted by molar-refractivity contribution is 0.0940. The van der Waals surface area contributed by atoms with Gasteiger partial charge in [0.25, 0.3) is 5.89 Å². The molecular weight excluding hydrogens is 448 g/mol. The summed E-state index contributed by atoms with van der Waals surface area (Å²) in [5.74, 6) is 0.0198. The number of hydrogen-bond acceptors (Lipinski definition) is 4. The van der Waals surface area contributed by atoms with Crippen LogP contribution in [0.4, 0.5) is 0 Å². The van der Waals surface area contributed by atoms with E-state index in [9.17, 15) is 10.2 Å². The van der Waals surface area contributed by atoms with Crippen LogP contribution < -0.4 is 5.62 Å². The van der Waals surface area contributed by atoms with Gasteiger partial charge in [0.1, 0.15) is 6.26 Å². The van der Waals surface area contributed by atoms with Gasteiger partial charge in [-0.2, -0.15) is 0 Å². The molecule has 0 unspecified atom stereocenters. The van der Waals surface area contributed by atoms with Crippen molar-refractivity contribution in [3.05, 3.63) is 119 Å². The van der Waals surface area contributed by atoms with Crippen molar-refractivity contribution in [1.29, 1.82) is 5.41 Å². The predicted molar refractivity (Wildman–Crippen MR) is 140 cm³/mol. The molecular formula is C30H30N4O2. The quantitative estimate of drug-likeness (QED) is 0.263. The molecule has 3 aromatic carbocycles. The summed E-state index contributed by atoms with van der Waals surface area (Å²) in [4.78, 5) is 16.8. The summed E-state index contributed by atoms with van der Waals surface area (Å²) in [6.07, 6.45) is 4.50. The van der Waals surface area contributed by atoms with Gasteiger partial charge in [0, 0.05) is 12.5 Å². The molecule has 5 aromatic rings. The predicted octanol–water partition coefficient (Wildman–Crippen LogP) is 6.02. The molecule has 6 nitrogen and oxygen atoms in total. The number of fused-ring (bicyclic) bond motifs is 1. The highest BCUT2D eigenvalue weighted by Gasteiger charge is 2.22. The highest BCUT2D eigenvalue weighted by Crippen LogP contribution is 2.26. The van der Waals surface area contributed by atoms with Crippen LogP contribution in [0.1, 0.15) is 51.8 Å². The number of Topliss-reactive ketones (excluding diaryl/α,β-unsaturated/α-hetero) is 1. The lowest BCUT2D eigenvalue weighted by Gasteiger charge is -2.20. The fraction of sp³-hybridized carbons (Fsp3) is 0.233. The number of benzene rings is 3. The lowest BCUT2D eigenvalue weighted by atomic mass is 9.99. The minimum Gasteiger partial charge on any atom is -0.442 e. The Morgan fingerprint density at radius 2 is 1.56 bits per heavy atom. The molecule has 0 aliphatic rings. The molecule has 2 aromatic heterocycles. The number of carbonyl (C=O) groups excluding carboxylic acids is 1. The lowest BCUT2D eigenvalue weighted by Crippen LogP contribution is -2.29. The van der Waals surface area contributed by atoms with Crippen molar-refractivity contribution in [3.63, 3.8) is 0 Å². The van der Waals surface area contributed by atoms with Crippen molar-refractivity contribution in [2.24, 2.45) is 0 Å². The average molecular weight is 479 g/mol. The van der Waals surface area contributed by atoms with Gasteiger partial charge in [0.05, 0.1) is 23.8 Å². The number of oxazole rings is 1. The molecule has 5 rings (SSSR count). The molecule has 0 aliphatic heterocycles. The monoisotopic (exact) mass is 478 g/mol. The SMILES string of the molecule is Cc1ccc(C[C@@H](CCC(=O)c2ncco2)n2c(=N)n(Cc3ccc(C)cc3)c3ccccc32)cc1. The summed E-state index contributed by atoms with van der Waals surface area (Å²) in [5, 5.41) is 9.23. The van der Waals surface area contributed by atoms with Gasteiger partial charge >= 0.3 is 0 Å². The first-order valence-electron chi connectivity index (χ1n) is 12.3. The fourth-order valence-corrected chi connectivity index (χ4v) is 4.74. The van der Waals surface area contributed by atoms with E-state index in [0.717, 1.165) is 16.6 Å². The highest BCUT2D eigenvalue weighted by atomic mass is 16.3. The second-order valence-corrected chi connectivity index (χ2v) is 9.40. The second kappa shape index (κ2) is 10.2. The Morgan fingerprint density at radius 3 is 2.19 bits per heavy atom. The van der Waals surface area contributed by atoms with E-state index in [1.54, 1.807) is 0 Å². The third-order valence-corrected chi connectivity index (χ3v) is 6.71. The maximum Gasteiger partial charge on any atom is 0.263 e. The smallest absolute Gasteiger partial charge is 0.263 e. The molecule has 182 valence electrons. The average Bonchev–Trinajstić information content (AvgIpc) is 3.52. The minimum absolute atomic E-state index is 0.0803. The molecule has 0 amide bonds. The van der Waals surface area contributed by atoms with Crippen LogP contribution in [0.3, 0.4) is 0 Å². The van der Waals surface area contributed by atoms with Gasteiger partial charge in [0.2, 0.25) is 11.4 Å². The van der Waals surface area contributed by atoms with Crippen LogP contribution in [0.15, 0.2) is 89.7 Å². The van der Waals surface area contributed by atoms with E-state index in [1.165, 1.54) is 29.2 Å². The van der Waals surface area contributed by atoms with Gasteiger partial charge in [-0.3, -0.25) is 10.2 Å². The van der Waals surface area contributed by atoms with Crippen LogP contribution in [0.25, 0.3) is 11.0 Å². The Hall–Kier alpha value is -4.19. The van der Waals surface area contributed by atoms with E-state index in [1.807, 2.05) is 12.1 Å². The zero-order valence-corrected chi connectivity index (χ0v) is 20.6. The molecule has 0 radical (unpaired) electrons. The van der Waals surface area contributed by atoms with Crippen molar-refractivity contribution in [1.82, 2.24) is 14.1 Å². The number of nitrogens with one attached hydrogen (secondary N) is 1. The van der Waals surface area contributed by atoms with Crippen molar-refractivity contribution in [3.8, 4) is 0 Å². The van der Waals surface area contributed by atoms with Gasteiger partial charge in [-0.25, -0.2) is 4.98 Å². The Bertz CT molecular complexity index is 1530. The Kier molecular flexibility index (Phi) is 6.67. The van der Waals surface area contributed by atoms with Crippen LogP contribution >= 0.6 is 0 Å². The Labute approximate surface area is 210 Å². The maximum atomic E-state index is 12.7. The largest absolute Gasteiger partial charge is 0.442 e. The number of aryl methyl sites for hydroxylation is 2. The topological polar surface area (TPSA) is 76.8 Å². The zero-order valence-electron chi connectivity index (χ0n) is 20.6. The van der Waals surface area contributed by atoms with Crippen LogP contribution in [0.2, 0.25) is 0 Å². The number of imidazole rings is 1. The molecule has 1 atom stereocenters. The van der Waals surface area contributed by atoms with Crippen LogP contribution in [0, 0.1) is 19.3 Å². The molecule has 0 saturated carbocycles. The van der Waals surface area contributed by atoms with E-state index >= 15 is 0 Å². The van der Waals surface area contributed by atoms with Gasteiger partial charge in [-0.05, 0) is 49.9 Å². The molecule has 36 heavy (non-hydrogen) atoms. The fourth-order valence-electron chi connectivity index (χ4n) is 4.74. The van der Waals surface area contributed by atoms with E-state index in [0.29, 0.717) is 31.4 Å². The zero-order chi connectivity index (χ0) is 25.1. The third kappa shape index (κ3) is 4.93. The van der Waals surface area contributed by atoms with Gasteiger partial charge in [-0.15, -0.1) is 0 Å². The van der Waals surface area contributed by atoms with E-state index in [4.69, 9.17) is 4.42 Å². The number of ketones is 1. The van der Waals surface area contributed by atoms with Crippen molar-refractivity contribution in [2.45, 2.75) is 45.7 Å². The third-order valence-electron chi connectivity index (χ3n) is 6.71. The highest BCUT2D eigenvalue weighted by molar-refractivity contribution is 5.91. The summed E-state index contributed by atoms with van der Waals surface area (Å²) < 4.78 is 9.37. The van der Waals surface area contributed by atoms with Gasteiger partial charge in [-0.1, -0.05) is 71.8 Å². The van der Waals surface area contributed by atoms with E-state index < -0.39 is 0 Å². The Balaban J connectivity index is 1.54. The first-order chi connectivity index (χ1) is 17.5. The van der Waals surface area contributed by atoms with Gasteiger partial charge < -0.3 is 13.6 Å². The number of hydrogen-bond donors (Lipinski definition) is 1. The molecule has 6 heteroatoms. The standard InChI is InChI=1S/C30H30N4O2/c1-21-7-11-23(12-8-21)19-25(15-16-28(35)29-32-17-18-36-29)34-27-6-4-3-5-26(27)33(30(34)31)20-24-13-9-22(2)10-14-24/h3-14,17-18,25,31H,15-16,19-20H2,1-2H3/t25-/m1/s1. The van der Waals surface area contributed by atoms with Crippen molar-refractivity contribution >= 4 is 16.8 Å². The van der Waals surface area contributed by atoms with Crippen LogP contribution in [-0.2, 0) is 13.0 Å². The number of para-hydroxylation sites is 2.